The molecule has 2 aromatic carbocycles. The summed E-state index contributed by atoms with van der Waals surface area (Å²) >= 11 is 6.14. The van der Waals surface area contributed by atoms with E-state index in [1.807, 2.05) is 48.5 Å². The van der Waals surface area contributed by atoms with Gasteiger partial charge < -0.3 is 5.32 Å². The molecule has 1 saturated heterocycles. The maximum absolute atomic E-state index is 12.8. The zero-order chi connectivity index (χ0) is 17.2. The first-order valence-corrected chi connectivity index (χ1v) is 8.29. The third-order valence-electron chi connectivity index (χ3n) is 4.39. The van der Waals surface area contributed by atoms with Crippen molar-refractivity contribution in [2.45, 2.75) is 31.8 Å². The predicted octanol–water partition coefficient (Wildman–Crippen LogP) is 3.78. The van der Waals surface area contributed by atoms with Crippen LogP contribution in [0.15, 0.2) is 54.6 Å². The number of benzene rings is 2. The van der Waals surface area contributed by atoms with Gasteiger partial charge in [-0.3, -0.25) is 9.69 Å². The van der Waals surface area contributed by atoms with E-state index < -0.39 is 5.54 Å². The smallest absolute Gasteiger partial charge is 0.323 e. The van der Waals surface area contributed by atoms with Gasteiger partial charge in [0.1, 0.15) is 5.54 Å². The highest BCUT2D eigenvalue weighted by atomic mass is 35.5. The summed E-state index contributed by atoms with van der Waals surface area (Å²) in [5.41, 5.74) is 1.02. The lowest BCUT2D eigenvalue weighted by Crippen LogP contribution is -2.44. The number of hydrogen-bond acceptors (Lipinski definition) is 2. The van der Waals surface area contributed by atoms with Crippen molar-refractivity contribution >= 4 is 23.5 Å². The second-order valence-electron chi connectivity index (χ2n) is 6.23. The maximum Gasteiger partial charge on any atom is 0.325 e. The van der Waals surface area contributed by atoms with E-state index in [2.05, 4.69) is 5.32 Å². The van der Waals surface area contributed by atoms with Gasteiger partial charge in [-0.15, -0.1) is 0 Å². The molecule has 1 heterocycles. The minimum atomic E-state index is -0.881. The van der Waals surface area contributed by atoms with Crippen LogP contribution in [0.2, 0.25) is 5.02 Å². The number of carbonyl (C=O) groups excluding carboxylic acids is 2. The number of urea groups is 1. The number of aryl methyl sites for hydroxylation is 1. The Bertz CT molecular complexity index is 763. The number of imide groups is 1. The average molecular weight is 343 g/mol. The molecular weight excluding hydrogens is 324 g/mol. The van der Waals surface area contributed by atoms with Crippen LogP contribution in [0.1, 0.15) is 24.5 Å². The molecule has 0 spiro atoms. The minimum absolute atomic E-state index is 0.186. The molecule has 5 heteroatoms. The van der Waals surface area contributed by atoms with Crippen LogP contribution in [0.5, 0.6) is 0 Å². The fourth-order valence-electron chi connectivity index (χ4n) is 2.90. The standard InChI is InChI=1S/C19H19ClN2O2/c1-19(12-11-14-7-3-2-4-8-14)17(23)22(18(24)21-19)13-15-9-5-6-10-16(15)20/h2-10H,11-13H2,1H3,(H,21,24)/t19-/m0/s1. The first kappa shape index (κ1) is 16.5. The number of amides is 3. The highest BCUT2D eigenvalue weighted by Gasteiger charge is 2.47. The second-order valence-corrected chi connectivity index (χ2v) is 6.64. The first-order chi connectivity index (χ1) is 11.5. The monoisotopic (exact) mass is 342 g/mol. The van der Waals surface area contributed by atoms with Crippen molar-refractivity contribution in [3.63, 3.8) is 0 Å². The van der Waals surface area contributed by atoms with Crippen molar-refractivity contribution in [1.29, 1.82) is 0 Å². The van der Waals surface area contributed by atoms with Gasteiger partial charge >= 0.3 is 6.03 Å². The molecule has 2 aromatic rings. The molecule has 3 rings (SSSR count). The molecule has 0 bridgehead atoms. The second kappa shape index (κ2) is 6.65. The van der Waals surface area contributed by atoms with Gasteiger partial charge in [0.05, 0.1) is 6.54 Å². The highest BCUT2D eigenvalue weighted by molar-refractivity contribution is 6.31. The molecule has 4 nitrogen and oxygen atoms in total. The quantitative estimate of drug-likeness (QED) is 0.840. The number of nitrogens with zero attached hydrogens (tertiary/aromatic N) is 1. The van der Waals surface area contributed by atoms with Gasteiger partial charge in [0.15, 0.2) is 0 Å². The molecule has 0 unspecified atom stereocenters. The largest absolute Gasteiger partial charge is 0.325 e. The first-order valence-electron chi connectivity index (χ1n) is 7.91. The Balaban J connectivity index is 1.72. The normalized spacial score (nSPS) is 20.3. The minimum Gasteiger partial charge on any atom is -0.323 e. The van der Waals surface area contributed by atoms with E-state index in [1.54, 1.807) is 13.0 Å². The van der Waals surface area contributed by atoms with Gasteiger partial charge in [0.25, 0.3) is 5.91 Å². The molecule has 3 amide bonds. The zero-order valence-electron chi connectivity index (χ0n) is 13.5. The predicted molar refractivity (Wildman–Crippen MR) is 93.7 cm³/mol. The van der Waals surface area contributed by atoms with E-state index in [0.29, 0.717) is 11.4 Å². The van der Waals surface area contributed by atoms with Crippen LogP contribution in [0.3, 0.4) is 0 Å². The SMILES string of the molecule is C[C@@]1(CCc2ccccc2)NC(=O)N(Cc2ccccc2Cl)C1=O. The van der Waals surface area contributed by atoms with Crippen molar-refractivity contribution in [2.24, 2.45) is 0 Å². The Morgan fingerprint density at radius 1 is 1.04 bits per heavy atom. The molecule has 24 heavy (non-hydrogen) atoms. The molecule has 0 radical (unpaired) electrons. The lowest BCUT2D eigenvalue weighted by Gasteiger charge is -2.21. The third kappa shape index (κ3) is 3.29. The Morgan fingerprint density at radius 3 is 2.42 bits per heavy atom. The van der Waals surface area contributed by atoms with Crippen LogP contribution in [-0.2, 0) is 17.8 Å². The number of nitrogens with one attached hydrogen (secondary N) is 1. The topological polar surface area (TPSA) is 49.4 Å². The lowest BCUT2D eigenvalue weighted by atomic mass is 9.93. The van der Waals surface area contributed by atoms with Gasteiger partial charge in [-0.2, -0.15) is 0 Å². The van der Waals surface area contributed by atoms with E-state index in [1.165, 1.54) is 4.90 Å². The molecule has 0 aliphatic carbocycles. The van der Waals surface area contributed by atoms with Crippen LogP contribution in [0, 0.1) is 0 Å². The highest BCUT2D eigenvalue weighted by Crippen LogP contribution is 2.26. The van der Waals surface area contributed by atoms with Gasteiger partial charge in [0.2, 0.25) is 0 Å². The fourth-order valence-corrected chi connectivity index (χ4v) is 3.09. The van der Waals surface area contributed by atoms with Gasteiger partial charge in [-0.25, -0.2) is 4.79 Å². The zero-order valence-corrected chi connectivity index (χ0v) is 14.2. The maximum atomic E-state index is 12.8. The van der Waals surface area contributed by atoms with Crippen molar-refractivity contribution in [2.75, 3.05) is 0 Å². The average Bonchev–Trinajstić information content (AvgIpc) is 2.80. The summed E-state index contributed by atoms with van der Waals surface area (Å²) in [6.07, 6.45) is 1.28. The number of hydrogen-bond donors (Lipinski definition) is 1. The molecule has 0 aromatic heterocycles. The molecule has 1 atom stereocenters. The summed E-state index contributed by atoms with van der Waals surface area (Å²) in [7, 11) is 0. The van der Waals surface area contributed by atoms with E-state index in [9.17, 15) is 9.59 Å². The summed E-state index contributed by atoms with van der Waals surface area (Å²) in [5.74, 6) is -0.205. The number of halogens is 1. The molecule has 1 fully saturated rings. The van der Waals surface area contributed by atoms with E-state index in [0.717, 1.165) is 17.5 Å². The van der Waals surface area contributed by atoms with E-state index >= 15 is 0 Å². The molecular formula is C19H19ClN2O2. The van der Waals surface area contributed by atoms with Crippen LogP contribution in [0.25, 0.3) is 0 Å². The van der Waals surface area contributed by atoms with Crippen molar-refractivity contribution in [3.8, 4) is 0 Å². The van der Waals surface area contributed by atoms with E-state index in [-0.39, 0.29) is 18.5 Å². The molecule has 1 aliphatic rings. The van der Waals surface area contributed by atoms with Crippen LogP contribution in [0.4, 0.5) is 4.79 Å². The van der Waals surface area contributed by atoms with Crippen molar-refractivity contribution in [3.05, 3.63) is 70.7 Å². The Morgan fingerprint density at radius 2 is 1.71 bits per heavy atom. The van der Waals surface area contributed by atoms with Crippen LogP contribution < -0.4 is 5.32 Å². The molecule has 124 valence electrons. The third-order valence-corrected chi connectivity index (χ3v) is 4.76. The van der Waals surface area contributed by atoms with Crippen LogP contribution >= 0.6 is 11.6 Å². The van der Waals surface area contributed by atoms with Gasteiger partial charge in [0, 0.05) is 5.02 Å². The van der Waals surface area contributed by atoms with Gasteiger partial charge in [-0.1, -0.05) is 60.1 Å². The lowest BCUT2D eigenvalue weighted by molar-refractivity contribution is -0.131. The number of rotatable bonds is 5. The van der Waals surface area contributed by atoms with Crippen LogP contribution in [-0.4, -0.2) is 22.4 Å². The van der Waals surface area contributed by atoms with Gasteiger partial charge in [-0.05, 0) is 37.0 Å². The Labute approximate surface area is 146 Å². The molecule has 1 N–H and O–H groups in total. The summed E-state index contributed by atoms with van der Waals surface area (Å²) < 4.78 is 0. The van der Waals surface area contributed by atoms with Crippen molar-refractivity contribution in [1.82, 2.24) is 10.2 Å². The Hall–Kier alpha value is -2.33. The van der Waals surface area contributed by atoms with E-state index in [4.69, 9.17) is 11.6 Å². The molecule has 0 saturated carbocycles. The summed E-state index contributed by atoms with van der Waals surface area (Å²) in [6, 6.07) is 16.8. The molecule has 1 aliphatic heterocycles. The summed E-state index contributed by atoms with van der Waals surface area (Å²) in [4.78, 5) is 26.3. The number of carbonyl (C=O) groups is 2. The summed E-state index contributed by atoms with van der Waals surface area (Å²) in [6.45, 7) is 1.97. The summed E-state index contributed by atoms with van der Waals surface area (Å²) in [5, 5.41) is 3.39. The fraction of sp³-hybridized carbons (Fsp3) is 0.263. The Kier molecular flexibility index (Phi) is 4.58. The van der Waals surface area contributed by atoms with Crippen molar-refractivity contribution < 1.29 is 9.59 Å².